The van der Waals surface area contributed by atoms with Crippen LogP contribution >= 0.6 is 11.9 Å². The van der Waals surface area contributed by atoms with Gasteiger partial charge in [-0.3, -0.25) is 4.79 Å². The molecule has 5 heteroatoms. The molecule has 0 spiro atoms. The highest BCUT2D eigenvalue weighted by Crippen LogP contribution is 2.39. The molecule has 0 amide bonds. The highest BCUT2D eigenvalue weighted by Gasteiger charge is 2.36. The van der Waals surface area contributed by atoms with E-state index in [0.29, 0.717) is 12.2 Å². The van der Waals surface area contributed by atoms with Crippen LogP contribution in [0.5, 0.6) is 0 Å². The first-order valence-corrected chi connectivity index (χ1v) is 11.5. The van der Waals surface area contributed by atoms with Crippen LogP contribution < -0.4 is 0 Å². The van der Waals surface area contributed by atoms with Crippen LogP contribution in [-0.2, 0) is 24.1 Å². The maximum atomic E-state index is 13.0. The van der Waals surface area contributed by atoms with E-state index in [1.54, 1.807) is 0 Å². The molecule has 29 heavy (non-hydrogen) atoms. The number of nitrogens with zero attached hydrogens (tertiary/aromatic N) is 2. The van der Waals surface area contributed by atoms with E-state index in [9.17, 15) is 4.79 Å². The second-order valence-corrected chi connectivity index (χ2v) is 10.2. The zero-order valence-electron chi connectivity index (χ0n) is 18.1. The lowest BCUT2D eigenvalue weighted by molar-refractivity contribution is 0.0773. The normalized spacial score (nSPS) is 19.4. The molecule has 1 aliphatic heterocycles. The van der Waals surface area contributed by atoms with E-state index in [1.165, 1.54) is 27.4 Å². The molecule has 156 valence electrons. The van der Waals surface area contributed by atoms with E-state index < -0.39 is 0 Å². The fourth-order valence-corrected chi connectivity index (χ4v) is 5.60. The zero-order chi connectivity index (χ0) is 20.6. The van der Waals surface area contributed by atoms with E-state index in [1.807, 2.05) is 11.9 Å². The van der Waals surface area contributed by atoms with Gasteiger partial charge in [-0.2, -0.15) is 0 Å². The Kier molecular flexibility index (Phi) is 5.92. The van der Waals surface area contributed by atoms with Crippen LogP contribution in [0.4, 0.5) is 0 Å². The summed E-state index contributed by atoms with van der Waals surface area (Å²) in [5.41, 5.74) is 6.08. The van der Waals surface area contributed by atoms with Gasteiger partial charge in [0.15, 0.2) is 5.78 Å². The molecule has 4 nitrogen and oxygen atoms in total. The van der Waals surface area contributed by atoms with Crippen molar-refractivity contribution in [2.45, 2.75) is 58.4 Å². The minimum atomic E-state index is 0.0530. The van der Waals surface area contributed by atoms with Gasteiger partial charge in [-0.05, 0) is 67.3 Å². The van der Waals surface area contributed by atoms with Crippen molar-refractivity contribution >= 4 is 17.7 Å². The summed E-state index contributed by atoms with van der Waals surface area (Å²) in [6.45, 7) is 13.3. The van der Waals surface area contributed by atoms with Gasteiger partial charge < -0.3 is 9.30 Å². The molecule has 0 N–H and O–H groups in total. The predicted molar refractivity (Wildman–Crippen MR) is 119 cm³/mol. The van der Waals surface area contributed by atoms with Crippen molar-refractivity contribution in [2.75, 3.05) is 26.3 Å². The van der Waals surface area contributed by atoms with Crippen molar-refractivity contribution in [1.29, 1.82) is 0 Å². The zero-order valence-corrected chi connectivity index (χ0v) is 18.9. The standard InChI is InChI=1S/C24H32N2O2S/c1-5-26-17(2)20(23-21(26)15-24(3,4)16-22(23)27)14-18-6-8-19(9-7-18)29-25-10-12-28-13-11-25/h6-9H,5,10-16H2,1-4H3. The van der Waals surface area contributed by atoms with Gasteiger partial charge in [-0.15, -0.1) is 0 Å². The Morgan fingerprint density at radius 1 is 1.10 bits per heavy atom. The Morgan fingerprint density at radius 2 is 1.79 bits per heavy atom. The fraction of sp³-hybridized carbons (Fsp3) is 0.542. The van der Waals surface area contributed by atoms with Crippen molar-refractivity contribution in [3.8, 4) is 0 Å². The van der Waals surface area contributed by atoms with E-state index in [2.05, 4.69) is 60.8 Å². The van der Waals surface area contributed by atoms with Crippen LogP contribution in [0.2, 0.25) is 0 Å². The van der Waals surface area contributed by atoms with Gasteiger partial charge in [-0.25, -0.2) is 4.31 Å². The number of Topliss-reactive ketones (excluding diaryl/α,β-unsaturated/α-hetero) is 1. The lowest BCUT2D eigenvalue weighted by Gasteiger charge is -2.30. The van der Waals surface area contributed by atoms with Crippen molar-refractivity contribution < 1.29 is 9.53 Å². The second-order valence-electron chi connectivity index (χ2n) is 9.02. The molecule has 1 fully saturated rings. The number of morpholine rings is 1. The number of hydrogen-bond acceptors (Lipinski definition) is 4. The third-order valence-electron chi connectivity index (χ3n) is 6.15. The number of ether oxygens (including phenoxy) is 1. The first-order valence-electron chi connectivity index (χ1n) is 10.7. The van der Waals surface area contributed by atoms with Crippen molar-refractivity contribution in [1.82, 2.24) is 8.87 Å². The molecule has 1 saturated heterocycles. The summed E-state index contributed by atoms with van der Waals surface area (Å²) in [7, 11) is 0. The van der Waals surface area contributed by atoms with E-state index in [-0.39, 0.29) is 5.41 Å². The smallest absolute Gasteiger partial charge is 0.165 e. The Bertz CT molecular complexity index is 893. The molecule has 1 aliphatic carbocycles. The molecule has 0 atom stereocenters. The van der Waals surface area contributed by atoms with Crippen molar-refractivity contribution in [2.24, 2.45) is 5.41 Å². The molecule has 1 aromatic heterocycles. The molecule has 2 heterocycles. The van der Waals surface area contributed by atoms with Crippen LogP contribution in [0.15, 0.2) is 29.2 Å². The van der Waals surface area contributed by atoms with Crippen molar-refractivity contribution in [3.63, 3.8) is 0 Å². The average molecular weight is 413 g/mol. The number of aromatic nitrogens is 1. The highest BCUT2D eigenvalue weighted by molar-refractivity contribution is 7.97. The summed E-state index contributed by atoms with van der Waals surface area (Å²) < 4.78 is 10.2. The molecule has 1 aromatic carbocycles. The predicted octanol–water partition coefficient (Wildman–Crippen LogP) is 4.90. The van der Waals surface area contributed by atoms with E-state index in [0.717, 1.165) is 51.3 Å². The lowest BCUT2D eigenvalue weighted by atomic mass is 9.75. The third-order valence-corrected chi connectivity index (χ3v) is 7.25. The fourth-order valence-electron chi connectivity index (χ4n) is 4.71. The van der Waals surface area contributed by atoms with Gasteiger partial charge in [-0.1, -0.05) is 26.0 Å². The summed E-state index contributed by atoms with van der Waals surface area (Å²) in [5.74, 6) is 0.320. The Balaban J connectivity index is 1.57. The molecular weight excluding hydrogens is 380 g/mol. The maximum absolute atomic E-state index is 13.0. The number of rotatable bonds is 5. The third kappa shape index (κ3) is 4.32. The van der Waals surface area contributed by atoms with Crippen LogP contribution in [-0.4, -0.2) is 41.0 Å². The van der Waals surface area contributed by atoms with Crippen LogP contribution in [0.1, 0.15) is 60.1 Å². The quantitative estimate of drug-likeness (QED) is 0.654. The van der Waals surface area contributed by atoms with E-state index in [4.69, 9.17) is 4.74 Å². The monoisotopic (exact) mass is 412 g/mol. The molecule has 2 aromatic rings. The SMILES string of the molecule is CCn1c(C)c(Cc2ccc(SN3CCOCC3)cc2)c2c1CC(C)(C)CC2=O. The van der Waals surface area contributed by atoms with Gasteiger partial charge in [0, 0.05) is 47.9 Å². The number of fused-ring (bicyclic) bond motifs is 1. The second kappa shape index (κ2) is 8.29. The first-order chi connectivity index (χ1) is 13.9. The minimum Gasteiger partial charge on any atom is -0.379 e. The van der Waals surface area contributed by atoms with E-state index >= 15 is 0 Å². The minimum absolute atomic E-state index is 0.0530. The van der Waals surface area contributed by atoms with Gasteiger partial charge in [0.05, 0.1) is 13.2 Å². The Hall–Kier alpha value is -1.56. The Morgan fingerprint density at radius 3 is 2.45 bits per heavy atom. The molecule has 2 aliphatic rings. The maximum Gasteiger partial charge on any atom is 0.165 e. The topological polar surface area (TPSA) is 34.5 Å². The van der Waals surface area contributed by atoms with Gasteiger partial charge in [0.1, 0.15) is 0 Å². The molecule has 0 unspecified atom stereocenters. The molecular formula is C24H32N2O2S. The summed E-state index contributed by atoms with van der Waals surface area (Å²) in [5, 5.41) is 0. The lowest BCUT2D eigenvalue weighted by Crippen LogP contribution is -2.30. The van der Waals surface area contributed by atoms with Crippen LogP contribution in [0.3, 0.4) is 0 Å². The highest BCUT2D eigenvalue weighted by atomic mass is 32.2. The molecule has 0 bridgehead atoms. The Labute approximate surface area is 178 Å². The molecule has 4 rings (SSSR count). The number of carbonyl (C=O) groups excluding carboxylic acids is 1. The average Bonchev–Trinajstić information content (AvgIpc) is 2.94. The number of ketones is 1. The molecule has 0 saturated carbocycles. The molecule has 0 radical (unpaired) electrons. The first kappa shape index (κ1) is 20.7. The number of carbonyl (C=O) groups is 1. The number of benzene rings is 1. The van der Waals surface area contributed by atoms with Gasteiger partial charge in [0.25, 0.3) is 0 Å². The van der Waals surface area contributed by atoms with Crippen LogP contribution in [0.25, 0.3) is 0 Å². The summed E-state index contributed by atoms with van der Waals surface area (Å²) in [4.78, 5) is 14.3. The summed E-state index contributed by atoms with van der Waals surface area (Å²) in [6.07, 6.45) is 2.46. The van der Waals surface area contributed by atoms with Gasteiger partial charge >= 0.3 is 0 Å². The van der Waals surface area contributed by atoms with Gasteiger partial charge in [0.2, 0.25) is 0 Å². The largest absolute Gasteiger partial charge is 0.379 e. The summed E-state index contributed by atoms with van der Waals surface area (Å²) in [6, 6.07) is 8.85. The van der Waals surface area contributed by atoms with Crippen LogP contribution in [0, 0.1) is 12.3 Å². The number of hydrogen-bond donors (Lipinski definition) is 0. The summed E-state index contributed by atoms with van der Waals surface area (Å²) >= 11 is 1.81. The van der Waals surface area contributed by atoms with Crippen molar-refractivity contribution in [3.05, 3.63) is 52.3 Å².